The minimum atomic E-state index is -0.103. The van der Waals surface area contributed by atoms with Crippen molar-refractivity contribution in [2.75, 3.05) is 18.0 Å². The number of carbonyl (C=O) groups is 2. The van der Waals surface area contributed by atoms with Crippen molar-refractivity contribution in [3.8, 4) is 0 Å². The van der Waals surface area contributed by atoms with E-state index in [9.17, 15) is 9.59 Å². The van der Waals surface area contributed by atoms with Gasteiger partial charge < -0.3 is 10.2 Å². The van der Waals surface area contributed by atoms with E-state index < -0.39 is 0 Å². The van der Waals surface area contributed by atoms with Gasteiger partial charge in [0, 0.05) is 31.1 Å². The molecule has 0 radical (unpaired) electrons. The summed E-state index contributed by atoms with van der Waals surface area (Å²) in [7, 11) is 0. The summed E-state index contributed by atoms with van der Waals surface area (Å²) in [6.07, 6.45) is 3.69. The van der Waals surface area contributed by atoms with Crippen molar-refractivity contribution in [1.29, 1.82) is 0 Å². The standard InChI is InChI=1S/C16H20N2O2/c1-3-4-15(19)17-10-13-9-16(20)18(11-13)14-7-5-12(2)6-8-14/h3-8,13H,9-11H2,1-2H3,(H,17,19)/b4-3-. The Bertz CT molecular complexity index is 520. The number of aryl methyl sites for hydroxylation is 1. The van der Waals surface area contributed by atoms with E-state index in [1.165, 1.54) is 11.6 Å². The zero-order valence-electron chi connectivity index (χ0n) is 11.9. The number of amides is 2. The Labute approximate surface area is 119 Å². The average molecular weight is 272 g/mol. The highest BCUT2D eigenvalue weighted by atomic mass is 16.2. The Morgan fingerprint density at radius 2 is 2.10 bits per heavy atom. The summed E-state index contributed by atoms with van der Waals surface area (Å²) in [6, 6.07) is 7.94. The number of carbonyl (C=O) groups excluding carboxylic acids is 2. The topological polar surface area (TPSA) is 49.4 Å². The van der Waals surface area contributed by atoms with Crippen LogP contribution in [0.15, 0.2) is 36.4 Å². The molecule has 1 fully saturated rings. The molecule has 1 aromatic carbocycles. The van der Waals surface area contributed by atoms with Gasteiger partial charge in [0.15, 0.2) is 0 Å². The normalized spacial score (nSPS) is 18.8. The lowest BCUT2D eigenvalue weighted by molar-refractivity contribution is -0.118. The first-order valence-electron chi connectivity index (χ1n) is 6.87. The van der Waals surface area contributed by atoms with Gasteiger partial charge in [0.2, 0.25) is 11.8 Å². The van der Waals surface area contributed by atoms with E-state index in [1.54, 1.807) is 17.9 Å². The minimum absolute atomic E-state index is 0.103. The predicted octanol–water partition coefficient (Wildman–Crippen LogP) is 2.04. The van der Waals surface area contributed by atoms with Crippen molar-refractivity contribution >= 4 is 17.5 Å². The molecule has 0 spiro atoms. The molecule has 0 saturated carbocycles. The minimum Gasteiger partial charge on any atom is -0.352 e. The summed E-state index contributed by atoms with van der Waals surface area (Å²) in [6.45, 7) is 5.03. The van der Waals surface area contributed by atoms with Gasteiger partial charge >= 0.3 is 0 Å². The summed E-state index contributed by atoms with van der Waals surface area (Å²) < 4.78 is 0. The van der Waals surface area contributed by atoms with Crippen LogP contribution < -0.4 is 10.2 Å². The highest BCUT2D eigenvalue weighted by Crippen LogP contribution is 2.24. The number of nitrogens with zero attached hydrogens (tertiary/aromatic N) is 1. The maximum absolute atomic E-state index is 12.0. The van der Waals surface area contributed by atoms with E-state index >= 15 is 0 Å². The van der Waals surface area contributed by atoms with Gasteiger partial charge in [-0.1, -0.05) is 23.8 Å². The Morgan fingerprint density at radius 1 is 1.40 bits per heavy atom. The van der Waals surface area contributed by atoms with Crippen LogP contribution in [0.3, 0.4) is 0 Å². The van der Waals surface area contributed by atoms with Crippen molar-refractivity contribution in [2.45, 2.75) is 20.3 Å². The third kappa shape index (κ3) is 3.47. The van der Waals surface area contributed by atoms with E-state index in [0.29, 0.717) is 19.5 Å². The molecule has 1 aromatic rings. The molecule has 2 amide bonds. The molecule has 1 N–H and O–H groups in total. The summed E-state index contributed by atoms with van der Waals surface area (Å²) in [5.41, 5.74) is 2.11. The Balaban J connectivity index is 1.93. The summed E-state index contributed by atoms with van der Waals surface area (Å²) in [5.74, 6) is 0.200. The highest BCUT2D eigenvalue weighted by molar-refractivity contribution is 5.96. The number of allylic oxidation sites excluding steroid dienone is 1. The third-order valence-corrected chi connectivity index (χ3v) is 3.43. The fourth-order valence-corrected chi connectivity index (χ4v) is 2.35. The molecular formula is C16H20N2O2. The quantitative estimate of drug-likeness (QED) is 0.853. The second kappa shape index (κ2) is 6.37. The maximum atomic E-state index is 12.0. The van der Waals surface area contributed by atoms with Crippen molar-refractivity contribution in [2.24, 2.45) is 5.92 Å². The van der Waals surface area contributed by atoms with E-state index in [0.717, 1.165) is 5.69 Å². The van der Waals surface area contributed by atoms with Crippen LogP contribution in [0.5, 0.6) is 0 Å². The van der Waals surface area contributed by atoms with Gasteiger partial charge in [-0.15, -0.1) is 0 Å². The molecule has 0 bridgehead atoms. The van der Waals surface area contributed by atoms with E-state index in [4.69, 9.17) is 0 Å². The fraction of sp³-hybridized carbons (Fsp3) is 0.375. The molecule has 20 heavy (non-hydrogen) atoms. The van der Waals surface area contributed by atoms with E-state index in [2.05, 4.69) is 5.32 Å². The SMILES string of the molecule is C/C=C\C(=O)NCC1CC(=O)N(c2ccc(C)cc2)C1. The first kappa shape index (κ1) is 14.3. The zero-order valence-corrected chi connectivity index (χ0v) is 11.9. The molecule has 4 nitrogen and oxygen atoms in total. The van der Waals surface area contributed by atoms with Crippen molar-refractivity contribution in [3.63, 3.8) is 0 Å². The van der Waals surface area contributed by atoms with Crippen LogP contribution in [0.2, 0.25) is 0 Å². The van der Waals surface area contributed by atoms with Crippen molar-refractivity contribution < 1.29 is 9.59 Å². The molecule has 1 aliphatic rings. The number of rotatable bonds is 4. The van der Waals surface area contributed by atoms with Gasteiger partial charge in [-0.05, 0) is 32.1 Å². The van der Waals surface area contributed by atoms with E-state index in [1.807, 2.05) is 31.2 Å². The summed E-state index contributed by atoms with van der Waals surface area (Å²) in [5, 5.41) is 2.82. The van der Waals surface area contributed by atoms with Crippen LogP contribution in [-0.4, -0.2) is 24.9 Å². The molecule has 4 heteroatoms. The first-order valence-corrected chi connectivity index (χ1v) is 6.87. The maximum Gasteiger partial charge on any atom is 0.243 e. The molecule has 106 valence electrons. The van der Waals surface area contributed by atoms with Gasteiger partial charge in [-0.3, -0.25) is 9.59 Å². The van der Waals surface area contributed by atoms with Gasteiger partial charge in [-0.2, -0.15) is 0 Å². The van der Waals surface area contributed by atoms with Crippen LogP contribution in [0.1, 0.15) is 18.9 Å². The monoisotopic (exact) mass is 272 g/mol. The zero-order chi connectivity index (χ0) is 14.5. The predicted molar refractivity (Wildman–Crippen MR) is 79.5 cm³/mol. The van der Waals surface area contributed by atoms with Crippen LogP contribution in [0, 0.1) is 12.8 Å². The average Bonchev–Trinajstić information content (AvgIpc) is 2.79. The smallest absolute Gasteiger partial charge is 0.243 e. The summed E-state index contributed by atoms with van der Waals surface area (Å²) in [4.78, 5) is 25.2. The Hall–Kier alpha value is -2.10. The van der Waals surface area contributed by atoms with Gasteiger partial charge in [0.1, 0.15) is 0 Å². The van der Waals surface area contributed by atoms with Crippen LogP contribution >= 0.6 is 0 Å². The number of anilines is 1. The molecule has 0 aromatic heterocycles. The van der Waals surface area contributed by atoms with E-state index in [-0.39, 0.29) is 17.7 Å². The second-order valence-corrected chi connectivity index (χ2v) is 5.16. The molecule has 2 rings (SSSR count). The number of hydrogen-bond donors (Lipinski definition) is 1. The van der Waals surface area contributed by atoms with Crippen LogP contribution in [0.25, 0.3) is 0 Å². The lowest BCUT2D eigenvalue weighted by atomic mass is 10.1. The van der Waals surface area contributed by atoms with Gasteiger partial charge in [0.25, 0.3) is 0 Å². The number of hydrogen-bond acceptors (Lipinski definition) is 2. The van der Waals surface area contributed by atoms with Crippen LogP contribution in [0.4, 0.5) is 5.69 Å². The fourth-order valence-electron chi connectivity index (χ4n) is 2.35. The number of benzene rings is 1. The van der Waals surface area contributed by atoms with Crippen molar-refractivity contribution in [3.05, 3.63) is 42.0 Å². The molecule has 0 aliphatic carbocycles. The molecular weight excluding hydrogens is 252 g/mol. The Kier molecular flexibility index (Phi) is 4.56. The second-order valence-electron chi connectivity index (χ2n) is 5.16. The lowest BCUT2D eigenvalue weighted by Crippen LogP contribution is -2.30. The lowest BCUT2D eigenvalue weighted by Gasteiger charge is -2.17. The van der Waals surface area contributed by atoms with Gasteiger partial charge in [0.05, 0.1) is 0 Å². The third-order valence-electron chi connectivity index (χ3n) is 3.43. The molecule has 1 saturated heterocycles. The number of nitrogens with one attached hydrogen (secondary N) is 1. The highest BCUT2D eigenvalue weighted by Gasteiger charge is 2.30. The van der Waals surface area contributed by atoms with Crippen molar-refractivity contribution in [1.82, 2.24) is 5.32 Å². The molecule has 1 atom stereocenters. The largest absolute Gasteiger partial charge is 0.352 e. The molecule has 1 heterocycles. The Morgan fingerprint density at radius 3 is 2.75 bits per heavy atom. The van der Waals surface area contributed by atoms with Crippen LogP contribution in [-0.2, 0) is 9.59 Å². The summed E-state index contributed by atoms with van der Waals surface area (Å²) >= 11 is 0. The molecule has 1 unspecified atom stereocenters. The first-order chi connectivity index (χ1) is 9.60. The molecule has 1 aliphatic heterocycles. The van der Waals surface area contributed by atoms with Gasteiger partial charge in [-0.25, -0.2) is 0 Å².